The summed E-state index contributed by atoms with van der Waals surface area (Å²) in [6, 6.07) is 8.14. The Morgan fingerprint density at radius 3 is 2.47 bits per heavy atom. The summed E-state index contributed by atoms with van der Waals surface area (Å²) >= 11 is 0. The summed E-state index contributed by atoms with van der Waals surface area (Å²) in [6.45, 7) is 9.86. The minimum atomic E-state index is -0.512. The Morgan fingerprint density at radius 1 is 1.08 bits per heavy atom. The molecule has 5 rings (SSSR count). The van der Waals surface area contributed by atoms with Crippen molar-refractivity contribution in [3.63, 3.8) is 0 Å². The first-order valence-corrected chi connectivity index (χ1v) is 11.8. The number of piperazine rings is 1. The molecule has 0 aromatic carbocycles. The van der Waals surface area contributed by atoms with Gasteiger partial charge >= 0.3 is 6.09 Å². The number of nitriles is 1. The summed E-state index contributed by atoms with van der Waals surface area (Å²) < 4.78 is 12.9. The molecule has 1 aliphatic rings. The van der Waals surface area contributed by atoms with Crippen molar-refractivity contribution in [3.8, 4) is 28.5 Å². The third kappa shape index (κ3) is 4.60. The summed E-state index contributed by atoms with van der Waals surface area (Å²) in [4.78, 5) is 25.1. The molecule has 0 unspecified atom stereocenters. The Hall–Kier alpha value is -4.39. The van der Waals surface area contributed by atoms with Crippen molar-refractivity contribution in [1.29, 1.82) is 5.26 Å². The molecule has 0 N–H and O–H groups in total. The third-order valence-electron chi connectivity index (χ3n) is 5.95. The first-order chi connectivity index (χ1) is 17.2. The lowest BCUT2D eigenvalue weighted by molar-refractivity contribution is 0.0240. The Morgan fingerprint density at radius 2 is 1.86 bits per heavy atom. The summed E-state index contributed by atoms with van der Waals surface area (Å²) in [5.41, 5.74) is 3.15. The van der Waals surface area contributed by atoms with Gasteiger partial charge in [0.15, 0.2) is 11.7 Å². The van der Waals surface area contributed by atoms with Crippen molar-refractivity contribution >= 4 is 17.4 Å². The molecule has 0 radical (unpaired) electrons. The lowest BCUT2D eigenvalue weighted by Gasteiger charge is -2.36. The van der Waals surface area contributed by atoms with E-state index in [1.54, 1.807) is 34.9 Å². The molecule has 0 atom stereocenters. The molecule has 0 bridgehead atoms. The number of oxazole rings is 1. The molecule has 1 saturated heterocycles. The van der Waals surface area contributed by atoms with Crippen LogP contribution in [0.5, 0.6) is 0 Å². The fraction of sp³-hybridized carbons (Fsp3) is 0.346. The lowest BCUT2D eigenvalue weighted by Crippen LogP contribution is -2.50. The number of pyridine rings is 2. The van der Waals surface area contributed by atoms with Crippen molar-refractivity contribution in [2.24, 2.45) is 0 Å². The van der Waals surface area contributed by atoms with Crippen LogP contribution in [-0.2, 0) is 4.74 Å². The Bertz CT molecular complexity index is 1450. The molecule has 10 heteroatoms. The second-order valence-electron chi connectivity index (χ2n) is 9.71. The van der Waals surface area contributed by atoms with Crippen LogP contribution in [0.25, 0.3) is 28.0 Å². The summed E-state index contributed by atoms with van der Waals surface area (Å²) in [7, 11) is 0. The maximum atomic E-state index is 12.4. The molecular weight excluding hydrogens is 458 g/mol. The number of aryl methyl sites for hydroxylation is 1. The highest BCUT2D eigenvalue weighted by atomic mass is 16.6. The Balaban J connectivity index is 1.40. The maximum absolute atomic E-state index is 12.4. The standard InChI is InChI=1S/C26H27N7O3/c1-17-28-15-22(35-17)19-11-21(24-20(12-27)14-30-33(24)16-19)18-5-6-23(29-13-18)31-7-9-32(10-8-31)25(34)36-26(2,3)4/h5-6,11,13-16H,7-10H2,1-4H3. The Kier molecular flexibility index (Phi) is 5.84. The van der Waals surface area contributed by atoms with Gasteiger partial charge in [-0.2, -0.15) is 10.4 Å². The number of ether oxygens (including phenoxy) is 1. The number of hydrogen-bond donors (Lipinski definition) is 0. The fourth-order valence-electron chi connectivity index (χ4n) is 4.23. The zero-order chi connectivity index (χ0) is 25.4. The number of fused-ring (bicyclic) bond motifs is 1. The van der Waals surface area contributed by atoms with E-state index < -0.39 is 5.60 Å². The third-order valence-corrected chi connectivity index (χ3v) is 5.95. The van der Waals surface area contributed by atoms with Gasteiger partial charge in [0.05, 0.1) is 23.5 Å². The average molecular weight is 486 g/mol. The minimum Gasteiger partial charge on any atom is -0.444 e. The molecule has 1 aliphatic heterocycles. The second kappa shape index (κ2) is 9.00. The van der Waals surface area contributed by atoms with Gasteiger partial charge in [-0.3, -0.25) is 0 Å². The smallest absolute Gasteiger partial charge is 0.410 e. The summed E-state index contributed by atoms with van der Waals surface area (Å²) in [6.07, 6.45) is 6.57. The van der Waals surface area contributed by atoms with Crippen LogP contribution in [0.3, 0.4) is 0 Å². The van der Waals surface area contributed by atoms with Gasteiger partial charge in [0.2, 0.25) is 0 Å². The average Bonchev–Trinajstić information content (AvgIpc) is 3.48. The van der Waals surface area contributed by atoms with Crippen molar-refractivity contribution in [3.05, 3.63) is 54.4 Å². The number of aromatic nitrogens is 4. The van der Waals surface area contributed by atoms with Crippen molar-refractivity contribution in [2.75, 3.05) is 31.1 Å². The van der Waals surface area contributed by atoms with E-state index in [-0.39, 0.29) is 6.09 Å². The van der Waals surface area contributed by atoms with Crippen LogP contribution in [0.4, 0.5) is 10.6 Å². The zero-order valence-electron chi connectivity index (χ0n) is 20.7. The van der Waals surface area contributed by atoms with Crippen molar-refractivity contribution < 1.29 is 13.9 Å². The van der Waals surface area contributed by atoms with Crippen LogP contribution >= 0.6 is 0 Å². The zero-order valence-corrected chi connectivity index (χ0v) is 20.7. The van der Waals surface area contributed by atoms with E-state index in [2.05, 4.69) is 21.1 Å². The van der Waals surface area contributed by atoms with Crippen LogP contribution in [0.15, 0.2) is 47.4 Å². The van der Waals surface area contributed by atoms with Crippen molar-refractivity contribution in [1.82, 2.24) is 24.5 Å². The second-order valence-corrected chi connectivity index (χ2v) is 9.71. The number of carbonyl (C=O) groups is 1. The normalized spacial score (nSPS) is 14.2. The number of amides is 1. The molecule has 4 aromatic heterocycles. The van der Waals surface area contributed by atoms with E-state index in [1.807, 2.05) is 45.2 Å². The fourth-order valence-corrected chi connectivity index (χ4v) is 4.23. The summed E-state index contributed by atoms with van der Waals surface area (Å²) in [5.74, 6) is 2.02. The molecule has 1 fully saturated rings. The predicted molar refractivity (Wildman–Crippen MR) is 133 cm³/mol. The molecular formula is C26H27N7O3. The molecule has 5 heterocycles. The number of anilines is 1. The van der Waals surface area contributed by atoms with Gasteiger partial charge < -0.3 is 19.0 Å². The van der Waals surface area contributed by atoms with Gasteiger partial charge in [-0.1, -0.05) is 0 Å². The minimum absolute atomic E-state index is 0.287. The van der Waals surface area contributed by atoms with Gasteiger partial charge in [-0.15, -0.1) is 0 Å². The topological polar surface area (TPSA) is 113 Å². The van der Waals surface area contributed by atoms with E-state index in [4.69, 9.17) is 14.1 Å². The number of carbonyl (C=O) groups excluding carboxylic acids is 1. The van der Waals surface area contributed by atoms with Crippen LogP contribution in [0, 0.1) is 18.3 Å². The number of rotatable bonds is 3. The van der Waals surface area contributed by atoms with E-state index in [1.165, 1.54) is 0 Å². The van der Waals surface area contributed by atoms with Crippen LogP contribution in [0.2, 0.25) is 0 Å². The van der Waals surface area contributed by atoms with Crippen LogP contribution in [0.1, 0.15) is 32.2 Å². The van der Waals surface area contributed by atoms with Gasteiger partial charge in [-0.05, 0) is 39.0 Å². The van der Waals surface area contributed by atoms with Gasteiger partial charge in [-0.25, -0.2) is 19.3 Å². The summed E-state index contributed by atoms with van der Waals surface area (Å²) in [5, 5.41) is 14.0. The lowest BCUT2D eigenvalue weighted by atomic mass is 10.0. The molecule has 0 spiro atoms. The van der Waals surface area contributed by atoms with Gasteiger partial charge in [0.25, 0.3) is 0 Å². The van der Waals surface area contributed by atoms with Crippen LogP contribution < -0.4 is 4.90 Å². The first kappa shape index (κ1) is 23.4. The van der Waals surface area contributed by atoms with Crippen molar-refractivity contribution in [2.45, 2.75) is 33.3 Å². The molecule has 36 heavy (non-hydrogen) atoms. The highest BCUT2D eigenvalue weighted by molar-refractivity contribution is 5.87. The number of nitrogens with zero attached hydrogens (tertiary/aromatic N) is 7. The molecule has 184 valence electrons. The van der Waals surface area contributed by atoms with Gasteiger partial charge in [0, 0.05) is 62.2 Å². The number of hydrogen-bond acceptors (Lipinski definition) is 8. The highest BCUT2D eigenvalue weighted by Crippen LogP contribution is 2.32. The van der Waals surface area contributed by atoms with E-state index in [0.29, 0.717) is 48.9 Å². The molecule has 4 aromatic rings. The quantitative estimate of drug-likeness (QED) is 0.422. The van der Waals surface area contributed by atoms with Crippen LogP contribution in [-0.4, -0.2) is 62.4 Å². The largest absolute Gasteiger partial charge is 0.444 e. The predicted octanol–water partition coefficient (Wildman–Crippen LogP) is 4.29. The Labute approximate surface area is 208 Å². The van der Waals surface area contributed by atoms with E-state index in [9.17, 15) is 10.1 Å². The SMILES string of the molecule is Cc1ncc(-c2cc(-c3ccc(N4CCN(C(=O)OC(C)(C)C)CC4)nc3)c3c(C#N)cnn3c2)o1. The van der Waals surface area contributed by atoms with E-state index in [0.717, 1.165) is 22.5 Å². The molecule has 10 nitrogen and oxygen atoms in total. The molecule has 0 aliphatic carbocycles. The van der Waals surface area contributed by atoms with Gasteiger partial charge in [0.1, 0.15) is 17.5 Å². The molecule has 1 amide bonds. The first-order valence-electron chi connectivity index (χ1n) is 11.8. The van der Waals surface area contributed by atoms with E-state index >= 15 is 0 Å². The maximum Gasteiger partial charge on any atom is 0.410 e. The highest BCUT2D eigenvalue weighted by Gasteiger charge is 2.26. The molecule has 0 saturated carbocycles. The monoisotopic (exact) mass is 485 g/mol.